The largest absolute Gasteiger partial charge is 0.357 e. The number of anilines is 1. The van der Waals surface area contributed by atoms with E-state index in [4.69, 9.17) is 0 Å². The second-order valence-electron chi connectivity index (χ2n) is 4.38. The van der Waals surface area contributed by atoms with Crippen LogP contribution in [-0.2, 0) is 13.0 Å². The predicted molar refractivity (Wildman–Crippen MR) is 77.2 cm³/mol. The van der Waals surface area contributed by atoms with Gasteiger partial charge in [-0.1, -0.05) is 0 Å². The molecule has 0 fully saturated rings. The number of imidazole rings is 1. The van der Waals surface area contributed by atoms with Crippen LogP contribution in [0.1, 0.15) is 18.6 Å². The van der Waals surface area contributed by atoms with E-state index in [0.717, 1.165) is 12.4 Å². The van der Waals surface area contributed by atoms with Gasteiger partial charge in [-0.3, -0.25) is 0 Å². The van der Waals surface area contributed by atoms with Crippen molar-refractivity contribution in [1.29, 1.82) is 0 Å². The maximum atomic E-state index is 4.46. The molecule has 0 amide bonds. The van der Waals surface area contributed by atoms with Crippen molar-refractivity contribution in [3.05, 3.63) is 42.5 Å². The molecule has 3 rings (SSSR count). The molecule has 108 valence electrons. The maximum absolute atomic E-state index is 4.46. The van der Waals surface area contributed by atoms with Crippen molar-refractivity contribution in [1.82, 2.24) is 34.3 Å². The van der Waals surface area contributed by atoms with E-state index in [1.54, 1.807) is 30.3 Å². The highest BCUT2D eigenvalue weighted by Crippen LogP contribution is 2.09. The molecule has 1 N–H and O–H groups in total. The van der Waals surface area contributed by atoms with Gasteiger partial charge in [0.2, 0.25) is 5.95 Å². The molecule has 8 nitrogen and oxygen atoms in total. The lowest BCUT2D eigenvalue weighted by Gasteiger charge is -2.07. The Morgan fingerprint density at radius 3 is 2.76 bits per heavy atom. The Morgan fingerprint density at radius 1 is 1.14 bits per heavy atom. The van der Waals surface area contributed by atoms with E-state index < -0.39 is 0 Å². The van der Waals surface area contributed by atoms with Crippen LogP contribution >= 0.6 is 0 Å². The number of aryl methyl sites for hydroxylation is 1. The molecule has 3 aromatic heterocycles. The Morgan fingerprint density at radius 2 is 2.05 bits per heavy atom. The molecule has 8 heteroatoms. The van der Waals surface area contributed by atoms with Crippen LogP contribution in [0.25, 0.3) is 5.95 Å². The minimum absolute atomic E-state index is 0.490. The lowest BCUT2D eigenvalue weighted by atomic mass is 10.3. The fourth-order valence-corrected chi connectivity index (χ4v) is 2.02. The van der Waals surface area contributed by atoms with E-state index in [1.165, 1.54) is 0 Å². The van der Waals surface area contributed by atoms with E-state index in [2.05, 4.69) is 41.8 Å². The highest BCUT2D eigenvalue weighted by atomic mass is 15.4. The summed E-state index contributed by atoms with van der Waals surface area (Å²) in [5.41, 5.74) is 0. The average molecular weight is 284 g/mol. The molecule has 0 spiro atoms. The molecule has 0 bridgehead atoms. The Kier molecular flexibility index (Phi) is 3.59. The number of nitrogens with zero attached hydrogens (tertiary/aromatic N) is 7. The minimum atomic E-state index is 0.490. The Balaban J connectivity index is 1.96. The zero-order valence-electron chi connectivity index (χ0n) is 11.9. The number of hydrogen-bond donors (Lipinski definition) is 1. The van der Waals surface area contributed by atoms with Crippen LogP contribution in [0.15, 0.2) is 30.9 Å². The SMILES string of the molecule is CCn1ccnc1Cc1nc(NC)nc(-n2cccn2)n1. The first-order valence-electron chi connectivity index (χ1n) is 6.73. The molecule has 0 aromatic carbocycles. The number of rotatable bonds is 5. The van der Waals surface area contributed by atoms with Crippen LogP contribution < -0.4 is 5.32 Å². The molecule has 0 aliphatic carbocycles. The summed E-state index contributed by atoms with van der Waals surface area (Å²) in [6.07, 6.45) is 7.77. The summed E-state index contributed by atoms with van der Waals surface area (Å²) < 4.78 is 3.68. The third-order valence-corrected chi connectivity index (χ3v) is 3.06. The molecule has 21 heavy (non-hydrogen) atoms. The van der Waals surface area contributed by atoms with Crippen LogP contribution in [0.5, 0.6) is 0 Å². The zero-order chi connectivity index (χ0) is 14.7. The molecule has 3 aromatic rings. The smallest absolute Gasteiger partial charge is 0.255 e. The van der Waals surface area contributed by atoms with Gasteiger partial charge >= 0.3 is 0 Å². The van der Waals surface area contributed by atoms with Crippen molar-refractivity contribution in [2.45, 2.75) is 19.9 Å². The first-order chi connectivity index (χ1) is 10.3. The first-order valence-corrected chi connectivity index (χ1v) is 6.73. The molecule has 0 atom stereocenters. The third kappa shape index (κ3) is 2.73. The van der Waals surface area contributed by atoms with E-state index in [9.17, 15) is 0 Å². The average Bonchev–Trinajstić information content (AvgIpc) is 3.18. The fraction of sp³-hybridized carbons (Fsp3) is 0.308. The Labute approximate surface area is 121 Å². The molecule has 3 heterocycles. The third-order valence-electron chi connectivity index (χ3n) is 3.06. The van der Waals surface area contributed by atoms with Crippen molar-refractivity contribution in [2.24, 2.45) is 0 Å². The Hall–Kier alpha value is -2.77. The molecular formula is C13H16N8. The second kappa shape index (κ2) is 5.70. The van der Waals surface area contributed by atoms with Gasteiger partial charge in [0.05, 0.1) is 6.42 Å². The number of hydrogen-bond acceptors (Lipinski definition) is 6. The summed E-state index contributed by atoms with van der Waals surface area (Å²) in [5, 5.41) is 7.10. The van der Waals surface area contributed by atoms with Gasteiger partial charge in [0.1, 0.15) is 11.6 Å². The normalized spacial score (nSPS) is 10.8. The molecule has 0 saturated heterocycles. The summed E-state index contributed by atoms with van der Waals surface area (Å²) >= 11 is 0. The van der Waals surface area contributed by atoms with E-state index in [1.807, 2.05) is 12.3 Å². The van der Waals surface area contributed by atoms with Gasteiger partial charge in [-0.2, -0.15) is 20.1 Å². The van der Waals surface area contributed by atoms with Gasteiger partial charge in [0.15, 0.2) is 0 Å². The highest BCUT2D eigenvalue weighted by molar-refractivity contribution is 5.28. The number of nitrogens with one attached hydrogen (secondary N) is 1. The van der Waals surface area contributed by atoms with Crippen LogP contribution in [0, 0.1) is 0 Å². The van der Waals surface area contributed by atoms with Gasteiger partial charge < -0.3 is 9.88 Å². The first kappa shape index (κ1) is 13.2. The Bertz CT molecular complexity index is 716. The van der Waals surface area contributed by atoms with Gasteiger partial charge in [0, 0.05) is 38.4 Å². The van der Waals surface area contributed by atoms with Crippen LogP contribution in [0.4, 0.5) is 5.95 Å². The molecule has 0 saturated carbocycles. The van der Waals surface area contributed by atoms with Gasteiger partial charge in [-0.25, -0.2) is 9.67 Å². The highest BCUT2D eigenvalue weighted by Gasteiger charge is 2.11. The summed E-state index contributed by atoms with van der Waals surface area (Å²) in [4.78, 5) is 17.5. The second-order valence-corrected chi connectivity index (χ2v) is 4.38. The molecule has 0 radical (unpaired) electrons. The van der Waals surface area contributed by atoms with Gasteiger partial charge in [-0.15, -0.1) is 0 Å². The van der Waals surface area contributed by atoms with Crippen molar-refractivity contribution in [3.8, 4) is 5.95 Å². The van der Waals surface area contributed by atoms with Crippen LogP contribution in [0.3, 0.4) is 0 Å². The molecular weight excluding hydrogens is 268 g/mol. The van der Waals surface area contributed by atoms with Crippen molar-refractivity contribution in [3.63, 3.8) is 0 Å². The lowest BCUT2D eigenvalue weighted by Crippen LogP contribution is -2.12. The summed E-state index contributed by atoms with van der Waals surface area (Å²) in [6.45, 7) is 2.94. The summed E-state index contributed by atoms with van der Waals surface area (Å²) in [6, 6.07) is 1.83. The summed E-state index contributed by atoms with van der Waals surface area (Å²) in [5.74, 6) is 2.59. The number of aromatic nitrogens is 7. The molecule has 0 aliphatic heterocycles. The molecule has 0 aliphatic rings. The van der Waals surface area contributed by atoms with Crippen molar-refractivity contribution < 1.29 is 0 Å². The predicted octanol–water partition coefficient (Wildman–Crippen LogP) is 0.906. The van der Waals surface area contributed by atoms with E-state index >= 15 is 0 Å². The van der Waals surface area contributed by atoms with Gasteiger partial charge in [0.25, 0.3) is 5.95 Å². The monoisotopic (exact) mass is 284 g/mol. The standard InChI is InChI=1S/C13H16N8/c1-3-20-8-6-15-11(20)9-10-17-12(14-2)19-13(18-10)21-7-4-5-16-21/h4-8H,3,9H2,1-2H3,(H,14,17,18,19). The quantitative estimate of drug-likeness (QED) is 0.749. The van der Waals surface area contributed by atoms with Crippen molar-refractivity contribution >= 4 is 5.95 Å². The maximum Gasteiger partial charge on any atom is 0.255 e. The van der Waals surface area contributed by atoms with E-state index in [0.29, 0.717) is 24.1 Å². The van der Waals surface area contributed by atoms with Crippen molar-refractivity contribution in [2.75, 3.05) is 12.4 Å². The topological polar surface area (TPSA) is 86.3 Å². The fourth-order valence-electron chi connectivity index (χ4n) is 2.02. The molecule has 0 unspecified atom stereocenters. The lowest BCUT2D eigenvalue weighted by molar-refractivity contribution is 0.695. The summed E-state index contributed by atoms with van der Waals surface area (Å²) in [7, 11) is 1.78. The zero-order valence-corrected chi connectivity index (χ0v) is 11.9. The minimum Gasteiger partial charge on any atom is -0.357 e. The van der Waals surface area contributed by atoms with Crippen LogP contribution in [0.2, 0.25) is 0 Å². The van der Waals surface area contributed by atoms with Gasteiger partial charge in [-0.05, 0) is 13.0 Å². The van der Waals surface area contributed by atoms with Crippen LogP contribution in [-0.4, -0.2) is 41.3 Å². The van der Waals surface area contributed by atoms with E-state index in [-0.39, 0.29) is 0 Å².